The van der Waals surface area contributed by atoms with Crippen LogP contribution in [0.2, 0.25) is 0 Å². The minimum Gasteiger partial charge on any atom is -0.465 e. The molecular formula is C25H25N3O7S2. The van der Waals surface area contributed by atoms with Gasteiger partial charge < -0.3 is 19.7 Å². The van der Waals surface area contributed by atoms with Crippen LogP contribution in [0.15, 0.2) is 59.5 Å². The second kappa shape index (κ2) is 11.0. The number of sulfonamides is 1. The highest BCUT2D eigenvalue weighted by Crippen LogP contribution is 2.38. The molecule has 194 valence electrons. The van der Waals surface area contributed by atoms with Crippen molar-refractivity contribution in [1.82, 2.24) is 4.90 Å². The molecule has 1 aliphatic rings. The standard InChI is InChI=1S/C25H25N3O7S2/c1-3-35-25(31)28-14-13-19-20(15-28)36-23(21(19)24(30)34-2)26-22(29)16-9-11-17(12-10-16)27-37(32,33)18-7-5-4-6-8-18/h4-12,27H,3,13-15H2,1-2H3,(H,26,29). The fourth-order valence-corrected chi connectivity index (χ4v) is 6.18. The molecule has 0 fully saturated rings. The summed E-state index contributed by atoms with van der Waals surface area (Å²) in [5, 5.41) is 3.09. The van der Waals surface area contributed by atoms with E-state index in [1.54, 1.807) is 30.0 Å². The summed E-state index contributed by atoms with van der Waals surface area (Å²) in [6, 6.07) is 13.9. The Kier molecular flexibility index (Phi) is 7.79. The molecule has 2 aromatic carbocycles. The first-order valence-electron chi connectivity index (χ1n) is 11.4. The Bertz CT molecular complexity index is 1420. The van der Waals surface area contributed by atoms with Crippen molar-refractivity contribution in [2.24, 2.45) is 0 Å². The molecule has 2 N–H and O–H groups in total. The molecule has 10 nitrogen and oxygen atoms in total. The lowest BCUT2D eigenvalue weighted by molar-refractivity contribution is 0.0600. The van der Waals surface area contributed by atoms with E-state index in [-0.39, 0.29) is 29.2 Å². The summed E-state index contributed by atoms with van der Waals surface area (Å²) >= 11 is 1.20. The summed E-state index contributed by atoms with van der Waals surface area (Å²) in [7, 11) is -2.50. The van der Waals surface area contributed by atoms with Gasteiger partial charge in [0, 0.05) is 22.7 Å². The van der Waals surface area contributed by atoms with Crippen molar-refractivity contribution < 1.29 is 32.3 Å². The molecule has 0 radical (unpaired) electrons. The third kappa shape index (κ3) is 5.75. The van der Waals surface area contributed by atoms with Crippen LogP contribution in [0, 0.1) is 0 Å². The minimum absolute atomic E-state index is 0.121. The van der Waals surface area contributed by atoms with Gasteiger partial charge in [0.1, 0.15) is 5.00 Å². The number of carbonyl (C=O) groups excluding carboxylic acids is 3. The second-order valence-electron chi connectivity index (χ2n) is 8.02. The van der Waals surface area contributed by atoms with Gasteiger partial charge in [0.25, 0.3) is 15.9 Å². The highest BCUT2D eigenvalue weighted by molar-refractivity contribution is 7.92. The van der Waals surface area contributed by atoms with Gasteiger partial charge in [-0.15, -0.1) is 11.3 Å². The number of hydrogen-bond acceptors (Lipinski definition) is 8. The van der Waals surface area contributed by atoms with Crippen LogP contribution in [0.4, 0.5) is 15.5 Å². The molecule has 12 heteroatoms. The zero-order chi connectivity index (χ0) is 26.6. The van der Waals surface area contributed by atoms with Crippen LogP contribution in [0.3, 0.4) is 0 Å². The van der Waals surface area contributed by atoms with E-state index in [0.29, 0.717) is 23.7 Å². The van der Waals surface area contributed by atoms with Gasteiger partial charge in [0.2, 0.25) is 0 Å². The Hall–Kier alpha value is -3.90. The summed E-state index contributed by atoms with van der Waals surface area (Å²) in [5.74, 6) is -1.06. The zero-order valence-corrected chi connectivity index (χ0v) is 21.8. The van der Waals surface area contributed by atoms with Crippen molar-refractivity contribution in [2.75, 3.05) is 30.3 Å². The molecule has 0 aliphatic carbocycles. The summed E-state index contributed by atoms with van der Waals surface area (Å²) in [4.78, 5) is 40.1. The van der Waals surface area contributed by atoms with Crippen molar-refractivity contribution in [3.05, 3.63) is 76.2 Å². The molecule has 0 bridgehead atoms. The molecule has 37 heavy (non-hydrogen) atoms. The lowest BCUT2D eigenvalue weighted by Gasteiger charge is -2.26. The summed E-state index contributed by atoms with van der Waals surface area (Å²) < 4.78 is 37.5. The third-order valence-electron chi connectivity index (χ3n) is 5.65. The smallest absolute Gasteiger partial charge is 0.410 e. The Balaban J connectivity index is 1.52. The predicted octanol–water partition coefficient (Wildman–Crippen LogP) is 4.10. The number of anilines is 2. The number of nitrogens with one attached hydrogen (secondary N) is 2. The van der Waals surface area contributed by atoms with Gasteiger partial charge in [-0.05, 0) is 55.3 Å². The number of hydrogen-bond donors (Lipinski definition) is 2. The van der Waals surface area contributed by atoms with Crippen LogP contribution in [-0.2, 0) is 32.5 Å². The number of ether oxygens (including phenoxy) is 2. The number of esters is 1. The van der Waals surface area contributed by atoms with Gasteiger partial charge in [0.15, 0.2) is 0 Å². The molecule has 0 atom stereocenters. The van der Waals surface area contributed by atoms with E-state index in [1.807, 2.05) is 0 Å². The lowest BCUT2D eigenvalue weighted by Crippen LogP contribution is -2.36. The number of carbonyl (C=O) groups is 3. The molecule has 2 heterocycles. The Morgan fingerprint density at radius 2 is 1.76 bits per heavy atom. The number of rotatable bonds is 7. The van der Waals surface area contributed by atoms with Crippen molar-refractivity contribution in [3.8, 4) is 0 Å². The molecule has 0 saturated carbocycles. The number of methoxy groups -OCH3 is 1. The molecule has 4 rings (SSSR count). The quantitative estimate of drug-likeness (QED) is 0.429. The Labute approximate surface area is 218 Å². The molecule has 2 amide bonds. The highest BCUT2D eigenvalue weighted by Gasteiger charge is 2.31. The van der Waals surface area contributed by atoms with Gasteiger partial charge in [-0.25, -0.2) is 18.0 Å². The van der Waals surface area contributed by atoms with Gasteiger partial charge >= 0.3 is 12.1 Å². The molecule has 1 aromatic heterocycles. The maximum atomic E-state index is 13.0. The monoisotopic (exact) mass is 543 g/mol. The van der Waals surface area contributed by atoms with Gasteiger partial charge in [0.05, 0.1) is 30.7 Å². The maximum Gasteiger partial charge on any atom is 0.410 e. The van der Waals surface area contributed by atoms with E-state index >= 15 is 0 Å². The SMILES string of the molecule is CCOC(=O)N1CCc2c(sc(NC(=O)c3ccc(NS(=O)(=O)c4ccccc4)cc3)c2C(=O)OC)C1. The molecular weight excluding hydrogens is 518 g/mol. The number of benzene rings is 2. The number of fused-ring (bicyclic) bond motifs is 1. The van der Waals surface area contributed by atoms with Crippen molar-refractivity contribution in [1.29, 1.82) is 0 Å². The minimum atomic E-state index is -3.77. The summed E-state index contributed by atoms with van der Waals surface area (Å²) in [5.41, 5.74) is 1.56. The van der Waals surface area contributed by atoms with Gasteiger partial charge in [-0.3, -0.25) is 9.52 Å². The average molecular weight is 544 g/mol. The normalized spacial score (nSPS) is 12.9. The van der Waals surface area contributed by atoms with E-state index in [1.165, 1.54) is 54.8 Å². The molecule has 0 spiro atoms. The molecule has 3 aromatic rings. The van der Waals surface area contributed by atoms with Gasteiger partial charge in [-0.1, -0.05) is 18.2 Å². The van der Waals surface area contributed by atoms with E-state index in [0.717, 1.165) is 10.4 Å². The van der Waals surface area contributed by atoms with Crippen LogP contribution in [0.1, 0.15) is 38.1 Å². The zero-order valence-electron chi connectivity index (χ0n) is 20.1. The summed E-state index contributed by atoms with van der Waals surface area (Å²) in [6.45, 7) is 2.62. The van der Waals surface area contributed by atoms with Crippen LogP contribution in [0.5, 0.6) is 0 Å². The van der Waals surface area contributed by atoms with Crippen LogP contribution in [0.25, 0.3) is 0 Å². The van der Waals surface area contributed by atoms with Crippen molar-refractivity contribution in [3.63, 3.8) is 0 Å². The van der Waals surface area contributed by atoms with E-state index in [9.17, 15) is 22.8 Å². The highest BCUT2D eigenvalue weighted by atomic mass is 32.2. The number of nitrogens with zero attached hydrogens (tertiary/aromatic N) is 1. The first-order valence-corrected chi connectivity index (χ1v) is 13.7. The fraction of sp³-hybridized carbons (Fsp3) is 0.240. The Morgan fingerprint density at radius 3 is 2.41 bits per heavy atom. The van der Waals surface area contributed by atoms with E-state index < -0.39 is 28.0 Å². The summed E-state index contributed by atoms with van der Waals surface area (Å²) in [6.07, 6.45) is -0.0176. The molecule has 0 saturated heterocycles. The Morgan fingerprint density at radius 1 is 1.05 bits per heavy atom. The average Bonchev–Trinajstić information content (AvgIpc) is 3.26. The first-order chi connectivity index (χ1) is 17.7. The topological polar surface area (TPSA) is 131 Å². The fourth-order valence-electron chi connectivity index (χ4n) is 3.86. The second-order valence-corrected chi connectivity index (χ2v) is 10.8. The van der Waals surface area contributed by atoms with Gasteiger partial charge in [-0.2, -0.15) is 0 Å². The lowest BCUT2D eigenvalue weighted by atomic mass is 10.0. The van der Waals surface area contributed by atoms with Crippen molar-refractivity contribution in [2.45, 2.75) is 24.8 Å². The third-order valence-corrected chi connectivity index (χ3v) is 8.18. The van der Waals surface area contributed by atoms with E-state index in [4.69, 9.17) is 9.47 Å². The molecule has 1 aliphatic heterocycles. The number of thiophene rings is 1. The maximum absolute atomic E-state index is 13.0. The van der Waals surface area contributed by atoms with E-state index in [2.05, 4.69) is 10.0 Å². The predicted molar refractivity (Wildman–Crippen MR) is 138 cm³/mol. The largest absolute Gasteiger partial charge is 0.465 e. The van der Waals surface area contributed by atoms with Crippen molar-refractivity contribution >= 4 is 50.0 Å². The first kappa shape index (κ1) is 26.2. The van der Waals surface area contributed by atoms with Crippen LogP contribution in [-0.4, -0.2) is 51.5 Å². The van der Waals surface area contributed by atoms with Crippen LogP contribution >= 0.6 is 11.3 Å². The molecule has 0 unspecified atom stereocenters. The number of amides is 2. The van der Waals surface area contributed by atoms with Crippen LogP contribution < -0.4 is 10.0 Å².